The van der Waals surface area contributed by atoms with Crippen molar-refractivity contribution >= 4 is 0 Å². The van der Waals surface area contributed by atoms with Gasteiger partial charge in [-0.05, 0) is 58.7 Å². The molecule has 1 saturated carbocycles. The highest BCUT2D eigenvalue weighted by atomic mass is 16.3. The summed E-state index contributed by atoms with van der Waals surface area (Å²) < 4.78 is 0. The lowest BCUT2D eigenvalue weighted by molar-refractivity contribution is 0.169. The van der Waals surface area contributed by atoms with Gasteiger partial charge in [0.2, 0.25) is 0 Å². The maximum atomic E-state index is 9.28. The second-order valence-electron chi connectivity index (χ2n) is 6.16. The summed E-state index contributed by atoms with van der Waals surface area (Å²) in [5.41, 5.74) is -0.0937. The van der Waals surface area contributed by atoms with E-state index in [1.54, 1.807) is 0 Å². The van der Waals surface area contributed by atoms with Gasteiger partial charge in [-0.1, -0.05) is 13.3 Å². The van der Waals surface area contributed by atoms with E-state index in [2.05, 4.69) is 31.1 Å². The molecule has 3 atom stereocenters. The topological polar surface area (TPSA) is 35.5 Å². The Morgan fingerprint density at radius 3 is 2.53 bits per heavy atom. The van der Waals surface area contributed by atoms with Crippen LogP contribution in [0.5, 0.6) is 0 Å². The van der Waals surface area contributed by atoms with Gasteiger partial charge in [0.1, 0.15) is 0 Å². The highest BCUT2D eigenvalue weighted by Gasteiger charge is 2.32. The number of likely N-dealkylation sites (N-methyl/N-ethyl adjacent to an activating group) is 1. The quantitative estimate of drug-likeness (QED) is 0.604. The summed E-state index contributed by atoms with van der Waals surface area (Å²) >= 11 is 0. The minimum Gasteiger partial charge on any atom is -0.394 e. The number of nitrogens with zero attached hydrogens (tertiary/aromatic N) is 1. The van der Waals surface area contributed by atoms with Crippen molar-refractivity contribution in [1.82, 2.24) is 10.2 Å². The minimum atomic E-state index is -0.0937. The molecule has 0 heterocycles. The fourth-order valence-electron chi connectivity index (χ4n) is 2.33. The van der Waals surface area contributed by atoms with Crippen molar-refractivity contribution in [2.24, 2.45) is 11.8 Å². The number of hydrogen-bond donors (Lipinski definition) is 2. The van der Waals surface area contributed by atoms with Crippen LogP contribution in [-0.4, -0.2) is 49.3 Å². The van der Waals surface area contributed by atoms with Gasteiger partial charge in [-0.25, -0.2) is 0 Å². The average molecular weight is 242 g/mol. The summed E-state index contributed by atoms with van der Waals surface area (Å²) in [6.45, 7) is 7.11. The highest BCUT2D eigenvalue weighted by molar-refractivity contribution is 4.84. The molecule has 17 heavy (non-hydrogen) atoms. The highest BCUT2D eigenvalue weighted by Crippen LogP contribution is 2.37. The van der Waals surface area contributed by atoms with Crippen molar-refractivity contribution in [2.75, 3.05) is 33.8 Å². The van der Waals surface area contributed by atoms with Crippen LogP contribution < -0.4 is 5.32 Å². The van der Waals surface area contributed by atoms with Crippen LogP contribution in [0.1, 0.15) is 39.5 Å². The Morgan fingerprint density at radius 1 is 1.41 bits per heavy atom. The van der Waals surface area contributed by atoms with Crippen LogP contribution in [0, 0.1) is 11.8 Å². The summed E-state index contributed by atoms with van der Waals surface area (Å²) in [5, 5.41) is 12.5. The van der Waals surface area contributed by atoms with Crippen LogP contribution in [0.2, 0.25) is 0 Å². The smallest absolute Gasteiger partial charge is 0.0610 e. The fraction of sp³-hybridized carbons (Fsp3) is 1.00. The standard InChI is InChI=1S/C14H30N2O/c1-12-9-13(12)10-16(4)8-6-5-7-14(2,11-17)15-3/h12-13,15,17H,5-11H2,1-4H3. The normalized spacial score (nSPS) is 27.2. The van der Waals surface area contributed by atoms with Crippen LogP contribution >= 0.6 is 0 Å². The third-order valence-electron chi connectivity index (χ3n) is 4.29. The number of hydrogen-bond acceptors (Lipinski definition) is 3. The summed E-state index contributed by atoms with van der Waals surface area (Å²) in [4.78, 5) is 2.46. The van der Waals surface area contributed by atoms with Gasteiger partial charge in [0.05, 0.1) is 6.61 Å². The summed E-state index contributed by atoms with van der Waals surface area (Å²) in [7, 11) is 4.16. The average Bonchev–Trinajstić information content (AvgIpc) is 3.00. The van der Waals surface area contributed by atoms with Crippen molar-refractivity contribution in [3.8, 4) is 0 Å². The van der Waals surface area contributed by atoms with Gasteiger partial charge in [0.25, 0.3) is 0 Å². The van der Waals surface area contributed by atoms with Gasteiger partial charge in [0, 0.05) is 12.1 Å². The van der Waals surface area contributed by atoms with E-state index in [1.807, 2.05) is 7.05 Å². The first-order valence-corrected chi connectivity index (χ1v) is 6.99. The van der Waals surface area contributed by atoms with E-state index >= 15 is 0 Å². The Hall–Kier alpha value is -0.120. The van der Waals surface area contributed by atoms with Crippen LogP contribution in [0.4, 0.5) is 0 Å². The zero-order chi connectivity index (χ0) is 12.9. The molecule has 2 N–H and O–H groups in total. The second-order valence-corrected chi connectivity index (χ2v) is 6.16. The van der Waals surface area contributed by atoms with Crippen LogP contribution in [-0.2, 0) is 0 Å². The van der Waals surface area contributed by atoms with Crippen molar-refractivity contribution in [3.63, 3.8) is 0 Å². The maximum absolute atomic E-state index is 9.28. The molecule has 0 aliphatic heterocycles. The predicted molar refractivity (Wildman–Crippen MR) is 73.2 cm³/mol. The molecule has 1 rings (SSSR count). The number of nitrogens with one attached hydrogen (secondary N) is 1. The third kappa shape index (κ3) is 5.36. The minimum absolute atomic E-state index is 0.0937. The zero-order valence-corrected chi connectivity index (χ0v) is 12.0. The molecular weight excluding hydrogens is 212 g/mol. The van der Waals surface area contributed by atoms with Crippen molar-refractivity contribution < 1.29 is 5.11 Å². The summed E-state index contributed by atoms with van der Waals surface area (Å²) in [6.07, 6.45) is 4.89. The zero-order valence-electron chi connectivity index (χ0n) is 12.0. The Morgan fingerprint density at radius 2 is 2.06 bits per heavy atom. The van der Waals surface area contributed by atoms with Gasteiger partial charge >= 0.3 is 0 Å². The van der Waals surface area contributed by atoms with Crippen LogP contribution in [0.25, 0.3) is 0 Å². The molecule has 3 nitrogen and oxygen atoms in total. The molecule has 1 fully saturated rings. The fourth-order valence-corrected chi connectivity index (χ4v) is 2.33. The second kappa shape index (κ2) is 6.72. The molecule has 0 aromatic carbocycles. The van der Waals surface area contributed by atoms with E-state index in [1.165, 1.54) is 32.4 Å². The van der Waals surface area contributed by atoms with Crippen LogP contribution in [0.15, 0.2) is 0 Å². The monoisotopic (exact) mass is 242 g/mol. The molecule has 1 aliphatic carbocycles. The predicted octanol–water partition coefficient (Wildman–Crippen LogP) is 1.71. The van der Waals surface area contributed by atoms with E-state index in [0.717, 1.165) is 18.3 Å². The molecule has 3 unspecified atom stereocenters. The molecule has 102 valence electrons. The SMILES string of the molecule is CNC(C)(CO)CCCCN(C)CC1CC1C. The first kappa shape index (κ1) is 14.9. The summed E-state index contributed by atoms with van der Waals surface area (Å²) in [6, 6.07) is 0. The lowest BCUT2D eigenvalue weighted by Gasteiger charge is -2.27. The van der Waals surface area contributed by atoms with Crippen molar-refractivity contribution in [1.29, 1.82) is 0 Å². The molecule has 0 amide bonds. The molecule has 0 spiro atoms. The number of aliphatic hydroxyl groups excluding tert-OH is 1. The Bertz CT molecular complexity index is 216. The number of unbranched alkanes of at least 4 members (excludes halogenated alkanes) is 1. The van der Waals surface area contributed by atoms with E-state index in [9.17, 15) is 5.11 Å². The maximum Gasteiger partial charge on any atom is 0.0610 e. The van der Waals surface area contributed by atoms with Gasteiger partial charge in [-0.2, -0.15) is 0 Å². The molecule has 0 radical (unpaired) electrons. The molecular formula is C14H30N2O. The third-order valence-corrected chi connectivity index (χ3v) is 4.29. The summed E-state index contributed by atoms with van der Waals surface area (Å²) in [5.74, 6) is 1.92. The molecule has 0 aromatic heterocycles. The number of aliphatic hydroxyl groups is 1. The first-order chi connectivity index (χ1) is 8.00. The Balaban J connectivity index is 2.03. The molecule has 1 aliphatic rings. The van der Waals surface area contributed by atoms with E-state index in [0.29, 0.717) is 0 Å². The Labute approximate surface area is 107 Å². The molecule has 3 heteroatoms. The van der Waals surface area contributed by atoms with Gasteiger partial charge in [-0.15, -0.1) is 0 Å². The van der Waals surface area contributed by atoms with Crippen molar-refractivity contribution in [2.45, 2.75) is 45.1 Å². The Kier molecular flexibility index (Phi) is 5.90. The van der Waals surface area contributed by atoms with Crippen LogP contribution in [0.3, 0.4) is 0 Å². The first-order valence-electron chi connectivity index (χ1n) is 6.99. The van der Waals surface area contributed by atoms with Crippen molar-refractivity contribution in [3.05, 3.63) is 0 Å². The molecule has 0 bridgehead atoms. The number of rotatable bonds is 9. The molecule has 0 aromatic rings. The lowest BCUT2D eigenvalue weighted by Crippen LogP contribution is -2.43. The van der Waals surface area contributed by atoms with E-state index in [-0.39, 0.29) is 12.1 Å². The van der Waals surface area contributed by atoms with Gasteiger partial charge in [-0.3, -0.25) is 0 Å². The lowest BCUT2D eigenvalue weighted by atomic mass is 9.96. The largest absolute Gasteiger partial charge is 0.394 e. The van der Waals surface area contributed by atoms with Gasteiger partial charge < -0.3 is 15.3 Å². The van der Waals surface area contributed by atoms with E-state index in [4.69, 9.17) is 0 Å². The van der Waals surface area contributed by atoms with Gasteiger partial charge in [0.15, 0.2) is 0 Å². The molecule has 0 saturated heterocycles. The van der Waals surface area contributed by atoms with E-state index < -0.39 is 0 Å².